The van der Waals surface area contributed by atoms with Crippen LogP contribution in [0, 0.1) is 13.8 Å². The summed E-state index contributed by atoms with van der Waals surface area (Å²) in [6.45, 7) is 4.09. The van der Waals surface area contributed by atoms with Gasteiger partial charge in [0.15, 0.2) is 0 Å². The number of aryl methyl sites for hydroxylation is 2. The van der Waals surface area contributed by atoms with E-state index in [0.29, 0.717) is 17.9 Å². The quantitative estimate of drug-likeness (QED) is 0.791. The minimum absolute atomic E-state index is 0.0172. The van der Waals surface area contributed by atoms with E-state index in [-0.39, 0.29) is 18.3 Å². The number of likely N-dealkylation sites (N-methyl/N-ethyl adjacent to an activating group) is 1. The van der Waals surface area contributed by atoms with Gasteiger partial charge in [0.25, 0.3) is 0 Å². The summed E-state index contributed by atoms with van der Waals surface area (Å²) in [4.78, 5) is 25.4. The Kier molecular flexibility index (Phi) is 5.16. The summed E-state index contributed by atoms with van der Waals surface area (Å²) in [5.74, 6) is 0.280. The lowest BCUT2D eigenvalue weighted by atomic mass is 10.1. The summed E-state index contributed by atoms with van der Waals surface area (Å²) < 4.78 is 9.73. The number of nitrogens with zero attached hydrogens (tertiary/aromatic N) is 2. The molecule has 1 aromatic heterocycles. The third-order valence-electron chi connectivity index (χ3n) is 3.73. The number of hydrogen-bond donors (Lipinski definition) is 0. The van der Waals surface area contributed by atoms with Gasteiger partial charge in [-0.05, 0) is 31.5 Å². The number of ether oxygens (including phenoxy) is 1. The first kappa shape index (κ1) is 16.7. The first-order valence-corrected chi connectivity index (χ1v) is 7.25. The molecular weight excluding hydrogens is 296 g/mol. The van der Waals surface area contributed by atoms with Crippen molar-refractivity contribution in [1.82, 2.24) is 10.1 Å². The Balaban J connectivity index is 1.99. The zero-order valence-corrected chi connectivity index (χ0v) is 13.8. The average Bonchev–Trinajstić information content (AvgIpc) is 2.86. The Bertz CT molecular complexity index is 684. The molecule has 0 aliphatic rings. The molecule has 0 bridgehead atoms. The summed E-state index contributed by atoms with van der Waals surface area (Å²) >= 11 is 0. The van der Waals surface area contributed by atoms with Crippen molar-refractivity contribution in [2.45, 2.75) is 26.8 Å². The molecule has 1 amide bonds. The number of amides is 1. The predicted octanol–water partition coefficient (Wildman–Crippen LogP) is 2.28. The minimum Gasteiger partial charge on any atom is -0.465 e. The number of benzene rings is 1. The number of carbonyl (C=O) groups excluding carboxylic acids is 2. The normalized spacial score (nSPS) is 10.4. The molecule has 6 heteroatoms. The summed E-state index contributed by atoms with van der Waals surface area (Å²) in [6.07, 6.45) is 0.262. The monoisotopic (exact) mass is 316 g/mol. The molecular formula is C17H20N2O4. The summed E-state index contributed by atoms with van der Waals surface area (Å²) in [6, 6.07) is 7.00. The van der Waals surface area contributed by atoms with E-state index in [1.807, 2.05) is 19.1 Å². The molecule has 0 aliphatic carbocycles. The third-order valence-corrected chi connectivity index (χ3v) is 3.73. The first-order valence-electron chi connectivity index (χ1n) is 7.25. The van der Waals surface area contributed by atoms with Crippen LogP contribution in [0.4, 0.5) is 0 Å². The SMILES string of the molecule is COC(=O)c1ccc(CN(C)C(=O)Cc2c(C)noc2C)cc1. The minimum atomic E-state index is -0.376. The molecule has 0 saturated heterocycles. The van der Waals surface area contributed by atoms with E-state index in [4.69, 9.17) is 4.52 Å². The second-order valence-electron chi connectivity index (χ2n) is 5.42. The smallest absolute Gasteiger partial charge is 0.337 e. The Morgan fingerprint density at radius 2 is 1.87 bits per heavy atom. The van der Waals surface area contributed by atoms with Gasteiger partial charge in [0.1, 0.15) is 5.76 Å². The van der Waals surface area contributed by atoms with Gasteiger partial charge in [-0.1, -0.05) is 17.3 Å². The maximum absolute atomic E-state index is 12.3. The van der Waals surface area contributed by atoms with Crippen molar-refractivity contribution in [3.05, 3.63) is 52.4 Å². The fourth-order valence-corrected chi connectivity index (χ4v) is 2.27. The topological polar surface area (TPSA) is 72.6 Å². The molecule has 23 heavy (non-hydrogen) atoms. The number of methoxy groups -OCH3 is 1. The number of esters is 1. The standard InChI is InChI=1S/C17H20N2O4/c1-11-15(12(2)23-18-11)9-16(20)19(3)10-13-5-7-14(8-6-13)17(21)22-4/h5-8H,9-10H2,1-4H3. The Hall–Kier alpha value is -2.63. The van der Waals surface area contributed by atoms with Crippen LogP contribution in [0.15, 0.2) is 28.8 Å². The lowest BCUT2D eigenvalue weighted by Gasteiger charge is -2.17. The van der Waals surface area contributed by atoms with Gasteiger partial charge >= 0.3 is 5.97 Å². The van der Waals surface area contributed by atoms with Gasteiger partial charge in [0, 0.05) is 19.2 Å². The van der Waals surface area contributed by atoms with Gasteiger partial charge in [-0.3, -0.25) is 4.79 Å². The van der Waals surface area contributed by atoms with Gasteiger partial charge in [0.2, 0.25) is 5.91 Å². The number of rotatable bonds is 5. The number of hydrogen-bond acceptors (Lipinski definition) is 5. The van der Waals surface area contributed by atoms with E-state index >= 15 is 0 Å². The molecule has 0 fully saturated rings. The van der Waals surface area contributed by atoms with Crippen LogP contribution >= 0.6 is 0 Å². The fraction of sp³-hybridized carbons (Fsp3) is 0.353. The van der Waals surface area contributed by atoms with Crippen molar-refractivity contribution in [1.29, 1.82) is 0 Å². The third kappa shape index (κ3) is 3.97. The van der Waals surface area contributed by atoms with Gasteiger partial charge in [-0.2, -0.15) is 0 Å². The Labute approximate surface area is 135 Å². The van der Waals surface area contributed by atoms with Crippen LogP contribution < -0.4 is 0 Å². The Morgan fingerprint density at radius 3 is 2.39 bits per heavy atom. The van der Waals surface area contributed by atoms with Crippen LogP contribution in [0.1, 0.15) is 32.9 Å². The van der Waals surface area contributed by atoms with Gasteiger partial charge in [-0.25, -0.2) is 4.79 Å². The molecule has 1 heterocycles. The summed E-state index contributed by atoms with van der Waals surface area (Å²) in [5, 5.41) is 3.86. The molecule has 2 rings (SSSR count). The molecule has 0 saturated carbocycles. The van der Waals surface area contributed by atoms with Crippen LogP contribution in [-0.4, -0.2) is 36.1 Å². The van der Waals surface area contributed by atoms with Crippen LogP contribution in [0.2, 0.25) is 0 Å². The maximum atomic E-state index is 12.3. The van der Waals surface area contributed by atoms with E-state index in [1.165, 1.54) is 7.11 Å². The lowest BCUT2D eigenvalue weighted by Crippen LogP contribution is -2.28. The van der Waals surface area contributed by atoms with Crippen LogP contribution in [-0.2, 0) is 22.5 Å². The highest BCUT2D eigenvalue weighted by atomic mass is 16.5. The van der Waals surface area contributed by atoms with Crippen molar-refractivity contribution >= 4 is 11.9 Å². The second-order valence-corrected chi connectivity index (χ2v) is 5.42. The molecule has 0 radical (unpaired) electrons. The molecule has 1 aromatic carbocycles. The van der Waals surface area contributed by atoms with E-state index in [0.717, 1.165) is 16.8 Å². The molecule has 0 aliphatic heterocycles. The molecule has 2 aromatic rings. The fourth-order valence-electron chi connectivity index (χ4n) is 2.27. The molecule has 6 nitrogen and oxygen atoms in total. The zero-order chi connectivity index (χ0) is 17.0. The molecule has 0 spiro atoms. The van der Waals surface area contributed by atoms with Gasteiger partial charge in [-0.15, -0.1) is 0 Å². The summed E-state index contributed by atoms with van der Waals surface area (Å²) in [5.41, 5.74) is 3.00. The van der Waals surface area contributed by atoms with Gasteiger partial charge < -0.3 is 14.2 Å². The average molecular weight is 316 g/mol. The van der Waals surface area contributed by atoms with Crippen LogP contribution in [0.5, 0.6) is 0 Å². The van der Waals surface area contributed by atoms with E-state index in [2.05, 4.69) is 9.89 Å². The van der Waals surface area contributed by atoms with Gasteiger partial charge in [0.05, 0.1) is 24.8 Å². The number of carbonyl (C=O) groups is 2. The molecule has 0 atom stereocenters. The van der Waals surface area contributed by atoms with E-state index in [9.17, 15) is 9.59 Å². The summed E-state index contributed by atoms with van der Waals surface area (Å²) in [7, 11) is 3.09. The van der Waals surface area contributed by atoms with Crippen LogP contribution in [0.25, 0.3) is 0 Å². The largest absolute Gasteiger partial charge is 0.465 e. The highest BCUT2D eigenvalue weighted by Crippen LogP contribution is 2.15. The Morgan fingerprint density at radius 1 is 1.22 bits per heavy atom. The van der Waals surface area contributed by atoms with Crippen molar-refractivity contribution in [3.8, 4) is 0 Å². The zero-order valence-electron chi connectivity index (χ0n) is 13.8. The predicted molar refractivity (Wildman–Crippen MR) is 83.9 cm³/mol. The second kappa shape index (κ2) is 7.09. The van der Waals surface area contributed by atoms with Crippen molar-refractivity contribution in [3.63, 3.8) is 0 Å². The van der Waals surface area contributed by atoms with Crippen molar-refractivity contribution in [2.24, 2.45) is 0 Å². The molecule has 0 unspecified atom stereocenters. The first-order chi connectivity index (χ1) is 10.9. The highest BCUT2D eigenvalue weighted by molar-refractivity contribution is 5.89. The molecule has 0 N–H and O–H groups in total. The maximum Gasteiger partial charge on any atom is 0.337 e. The van der Waals surface area contributed by atoms with Crippen molar-refractivity contribution < 1.29 is 18.8 Å². The van der Waals surface area contributed by atoms with Crippen molar-refractivity contribution in [2.75, 3.05) is 14.2 Å². The van der Waals surface area contributed by atoms with Crippen LogP contribution in [0.3, 0.4) is 0 Å². The number of aromatic nitrogens is 1. The highest BCUT2D eigenvalue weighted by Gasteiger charge is 2.16. The molecule has 122 valence electrons. The lowest BCUT2D eigenvalue weighted by molar-refractivity contribution is -0.129. The van der Waals surface area contributed by atoms with E-state index < -0.39 is 0 Å². The van der Waals surface area contributed by atoms with E-state index in [1.54, 1.807) is 31.0 Å².